The molecule has 0 spiro atoms. The van der Waals surface area contributed by atoms with Gasteiger partial charge in [-0.2, -0.15) is 0 Å². The van der Waals surface area contributed by atoms with Crippen LogP contribution in [0, 0.1) is 0 Å². The quantitative estimate of drug-likeness (QED) is 0.129. The number of benzene rings is 14. The summed E-state index contributed by atoms with van der Waals surface area (Å²) in [5, 5.41) is 20.6. The molecule has 366 valence electrons. The van der Waals surface area contributed by atoms with E-state index in [1.54, 1.807) is 0 Å². The number of halogens is 3. The highest BCUT2D eigenvalue weighted by Crippen LogP contribution is 2.45. The van der Waals surface area contributed by atoms with E-state index in [1.807, 2.05) is 24.3 Å². The van der Waals surface area contributed by atoms with Gasteiger partial charge in [-0.05, 0) is 189 Å². The van der Waals surface area contributed by atoms with Gasteiger partial charge in [-0.15, -0.1) is 0 Å². The predicted octanol–water partition coefficient (Wildman–Crippen LogP) is 20.7. The topological polar surface area (TPSA) is 18.5 Å². The first-order valence-corrected chi connectivity index (χ1v) is 28.2. The fourth-order valence-corrected chi connectivity index (χ4v) is 12.3. The molecule has 0 radical (unpaired) electrons. The van der Waals surface area contributed by atoms with Crippen LogP contribution in [0.2, 0.25) is 0 Å². The molecule has 2 nitrogen and oxygen atoms in total. The Kier molecular flexibility index (Phi) is 12.4. The summed E-state index contributed by atoms with van der Waals surface area (Å²) in [7, 11) is -0.387. The molecule has 0 atom stereocenters. The third kappa shape index (κ3) is 8.47. The van der Waals surface area contributed by atoms with Crippen molar-refractivity contribution >= 4 is 147 Å². The summed E-state index contributed by atoms with van der Waals surface area (Å²) in [6.45, 7) is 8.44. The first-order chi connectivity index (χ1) is 36.9. The Morgan fingerprint density at radius 1 is 0.276 bits per heavy atom. The van der Waals surface area contributed by atoms with Crippen LogP contribution in [0.3, 0.4) is 0 Å². The minimum absolute atomic E-state index is 0.372. The van der Waals surface area contributed by atoms with Gasteiger partial charge < -0.3 is 9.31 Å². The van der Waals surface area contributed by atoms with Crippen molar-refractivity contribution in [2.24, 2.45) is 0 Å². The molecule has 1 fully saturated rings. The molecule has 14 aromatic carbocycles. The SMILES string of the molecule is Brc1ccc(-c2ccc3ccc4c(-c5cccc6ccccc56)ccc5ccc2c3c54)cc1.Brc1ccc(Br)cc1.CC1(C)OB(c2ccc3ccc4c(-c5cccc6ccccc56)ccc5ccc2c3c54)OC1(C)C. The Hall–Kier alpha value is -6.90. The van der Waals surface area contributed by atoms with Crippen LogP contribution in [-0.2, 0) is 9.31 Å². The Balaban J connectivity index is 0.000000127. The fourth-order valence-electron chi connectivity index (χ4n) is 11.5. The highest BCUT2D eigenvalue weighted by Gasteiger charge is 2.52. The monoisotopic (exact) mass is 1170 g/mol. The van der Waals surface area contributed by atoms with Gasteiger partial charge in [-0.1, -0.05) is 242 Å². The lowest BCUT2D eigenvalue weighted by atomic mass is 9.74. The fraction of sp³-hybridized carbons (Fsp3) is 0.0857. The van der Waals surface area contributed by atoms with Crippen molar-refractivity contribution in [1.82, 2.24) is 0 Å². The van der Waals surface area contributed by atoms with Crippen molar-refractivity contribution in [1.29, 1.82) is 0 Å². The average molecular weight is 1170 g/mol. The van der Waals surface area contributed by atoms with Crippen LogP contribution >= 0.6 is 47.8 Å². The summed E-state index contributed by atoms with van der Waals surface area (Å²) in [5.41, 5.74) is 8.00. The molecule has 0 saturated carbocycles. The summed E-state index contributed by atoms with van der Waals surface area (Å²) in [5.74, 6) is 0. The van der Waals surface area contributed by atoms with Gasteiger partial charge in [0, 0.05) is 13.4 Å². The van der Waals surface area contributed by atoms with Crippen molar-refractivity contribution in [3.63, 3.8) is 0 Å². The van der Waals surface area contributed by atoms with Crippen LogP contribution in [-0.4, -0.2) is 18.3 Å². The zero-order chi connectivity index (χ0) is 51.9. The van der Waals surface area contributed by atoms with Crippen molar-refractivity contribution in [2.45, 2.75) is 38.9 Å². The molecule has 0 unspecified atom stereocenters. The molecule has 1 heterocycles. The van der Waals surface area contributed by atoms with Crippen molar-refractivity contribution in [3.05, 3.63) is 244 Å². The minimum atomic E-state index is -0.387. The Labute approximate surface area is 468 Å². The minimum Gasteiger partial charge on any atom is -0.399 e. The van der Waals surface area contributed by atoms with Gasteiger partial charge in [-0.3, -0.25) is 0 Å². The zero-order valence-electron chi connectivity index (χ0n) is 42.5. The van der Waals surface area contributed by atoms with E-state index in [1.165, 1.54) is 120 Å². The lowest BCUT2D eigenvalue weighted by Crippen LogP contribution is -2.41. The maximum absolute atomic E-state index is 6.46. The number of hydrogen-bond donors (Lipinski definition) is 0. The van der Waals surface area contributed by atoms with Crippen LogP contribution in [0.1, 0.15) is 27.7 Å². The summed E-state index contributed by atoms with van der Waals surface area (Å²) < 4.78 is 16.2. The van der Waals surface area contributed by atoms with E-state index < -0.39 is 0 Å². The van der Waals surface area contributed by atoms with Crippen LogP contribution in [0.5, 0.6) is 0 Å². The van der Waals surface area contributed by atoms with E-state index >= 15 is 0 Å². The van der Waals surface area contributed by atoms with Crippen molar-refractivity contribution in [3.8, 4) is 33.4 Å². The third-order valence-electron chi connectivity index (χ3n) is 16.0. The number of hydrogen-bond acceptors (Lipinski definition) is 2. The van der Waals surface area contributed by atoms with E-state index in [4.69, 9.17) is 9.31 Å². The molecule has 0 aliphatic carbocycles. The molecule has 15 rings (SSSR count). The normalized spacial score (nSPS) is 14.1. The summed E-state index contributed by atoms with van der Waals surface area (Å²) >= 11 is 10.2. The van der Waals surface area contributed by atoms with E-state index in [-0.39, 0.29) is 18.3 Å². The van der Waals surface area contributed by atoms with Gasteiger partial charge in [0.1, 0.15) is 0 Å². The highest BCUT2D eigenvalue weighted by atomic mass is 79.9. The number of fused-ring (bicyclic) bond motifs is 2. The predicted molar refractivity (Wildman–Crippen MR) is 337 cm³/mol. The molecule has 0 N–H and O–H groups in total. The number of rotatable bonds is 4. The van der Waals surface area contributed by atoms with Crippen LogP contribution in [0.4, 0.5) is 0 Å². The van der Waals surface area contributed by atoms with Crippen molar-refractivity contribution in [2.75, 3.05) is 0 Å². The van der Waals surface area contributed by atoms with E-state index in [9.17, 15) is 0 Å². The Morgan fingerprint density at radius 2 is 0.605 bits per heavy atom. The molecule has 1 aliphatic heterocycles. The van der Waals surface area contributed by atoms with E-state index in [0.717, 1.165) is 18.9 Å². The first kappa shape index (κ1) is 48.7. The zero-order valence-corrected chi connectivity index (χ0v) is 47.2. The molecule has 14 aromatic rings. The molecule has 1 saturated heterocycles. The van der Waals surface area contributed by atoms with E-state index in [0.29, 0.717) is 0 Å². The molecule has 6 heteroatoms. The molecular weight excluding hydrogens is 1120 g/mol. The van der Waals surface area contributed by atoms with E-state index in [2.05, 4.69) is 282 Å². The second-order valence-corrected chi connectivity index (χ2v) is 23.7. The second kappa shape index (κ2) is 19.3. The van der Waals surface area contributed by atoms with Gasteiger partial charge in [0.25, 0.3) is 0 Å². The third-order valence-corrected chi connectivity index (χ3v) is 17.6. The first-order valence-electron chi connectivity index (χ1n) is 25.8. The average Bonchev–Trinajstić information content (AvgIpc) is 3.81. The maximum Gasteiger partial charge on any atom is 0.495 e. The Bertz CT molecular complexity index is 4460. The standard InChI is InChI=1S/C32H27BO2.C32H19Br.C6H4Br2/c1-31(2)32(3,4)35-33(34-31)28-19-15-22-13-17-26-25(16-12-21-14-18-27(28)30(22)29(21)26)24-11-7-9-20-8-5-6-10-23(20)24;33-24-14-8-21(9-15-24)26-16-10-22-13-19-30-28(17-11-23-12-18-29(26)31(22)32(23)30)27-7-3-5-20-4-1-2-6-25(20)27;7-5-1-2-6(8)4-3-5/h5-19H,1-4H3;1-19H;1-4H. The summed E-state index contributed by atoms with van der Waals surface area (Å²) in [4.78, 5) is 0. The summed E-state index contributed by atoms with van der Waals surface area (Å²) in [6.07, 6.45) is 0. The largest absolute Gasteiger partial charge is 0.495 e. The summed E-state index contributed by atoms with van der Waals surface area (Å²) in [6, 6.07) is 83.3. The van der Waals surface area contributed by atoms with Crippen LogP contribution in [0.15, 0.2) is 244 Å². The van der Waals surface area contributed by atoms with Gasteiger partial charge >= 0.3 is 7.12 Å². The lowest BCUT2D eigenvalue weighted by Gasteiger charge is -2.32. The van der Waals surface area contributed by atoms with Crippen molar-refractivity contribution < 1.29 is 9.31 Å². The molecule has 0 bridgehead atoms. The van der Waals surface area contributed by atoms with Crippen LogP contribution in [0.25, 0.3) is 120 Å². The van der Waals surface area contributed by atoms with Gasteiger partial charge in [0.05, 0.1) is 11.2 Å². The van der Waals surface area contributed by atoms with Gasteiger partial charge in [0.15, 0.2) is 0 Å². The molecule has 0 aromatic heterocycles. The smallest absolute Gasteiger partial charge is 0.399 e. The molecule has 0 amide bonds. The molecule has 1 aliphatic rings. The molecular formula is C70H50BBr3O2. The maximum atomic E-state index is 6.46. The van der Waals surface area contributed by atoms with Gasteiger partial charge in [-0.25, -0.2) is 0 Å². The highest BCUT2D eigenvalue weighted by molar-refractivity contribution is 9.11. The van der Waals surface area contributed by atoms with Crippen LogP contribution < -0.4 is 5.46 Å². The molecule has 76 heavy (non-hydrogen) atoms. The Morgan fingerprint density at radius 3 is 1.07 bits per heavy atom. The second-order valence-electron chi connectivity index (χ2n) is 20.9. The van der Waals surface area contributed by atoms with Gasteiger partial charge in [0.2, 0.25) is 0 Å². The lowest BCUT2D eigenvalue weighted by molar-refractivity contribution is 0.00578.